The average molecular weight is 260 g/mol. The molecule has 0 radical (unpaired) electrons. The molecule has 1 aromatic heterocycles. The molecule has 1 N–H and O–H groups in total. The first-order valence-corrected chi connectivity index (χ1v) is 6.51. The van der Waals surface area contributed by atoms with Gasteiger partial charge in [-0.2, -0.15) is 5.10 Å². The van der Waals surface area contributed by atoms with Crippen molar-refractivity contribution in [1.29, 1.82) is 0 Å². The smallest absolute Gasteiger partial charge is 0.132 e. The third-order valence-electron chi connectivity index (χ3n) is 2.94. The van der Waals surface area contributed by atoms with E-state index in [4.69, 9.17) is 4.74 Å². The van der Waals surface area contributed by atoms with Crippen LogP contribution in [0.3, 0.4) is 0 Å². The molecular formula is C15H20N2O2. The van der Waals surface area contributed by atoms with Crippen LogP contribution in [0, 0.1) is 0 Å². The standard InChI is InChI=1S/C15H20N2O2/c1-11(2)17-9-8-13(16-17)10-19-15-7-5-4-6-14(15)12(3)18/h4-9,11-12,18H,10H2,1-3H3/t12-/m1/s1. The first kappa shape index (κ1) is 13.6. The minimum atomic E-state index is -0.538. The number of rotatable bonds is 5. The van der Waals surface area contributed by atoms with Crippen molar-refractivity contribution in [2.24, 2.45) is 0 Å². The van der Waals surface area contributed by atoms with Crippen molar-refractivity contribution in [3.63, 3.8) is 0 Å². The highest BCUT2D eigenvalue weighted by Gasteiger charge is 2.09. The Morgan fingerprint density at radius 1 is 1.21 bits per heavy atom. The Morgan fingerprint density at radius 3 is 2.58 bits per heavy atom. The predicted molar refractivity (Wildman–Crippen MR) is 74.0 cm³/mol. The summed E-state index contributed by atoms with van der Waals surface area (Å²) < 4.78 is 7.64. The topological polar surface area (TPSA) is 47.3 Å². The van der Waals surface area contributed by atoms with Crippen molar-refractivity contribution in [1.82, 2.24) is 9.78 Å². The highest BCUT2D eigenvalue weighted by atomic mass is 16.5. The zero-order valence-electron chi connectivity index (χ0n) is 11.6. The second kappa shape index (κ2) is 5.89. The van der Waals surface area contributed by atoms with Gasteiger partial charge >= 0.3 is 0 Å². The van der Waals surface area contributed by atoms with Crippen molar-refractivity contribution in [2.45, 2.75) is 39.5 Å². The van der Waals surface area contributed by atoms with Crippen LogP contribution >= 0.6 is 0 Å². The van der Waals surface area contributed by atoms with Gasteiger partial charge < -0.3 is 9.84 Å². The van der Waals surface area contributed by atoms with Gasteiger partial charge in [-0.1, -0.05) is 18.2 Å². The number of aromatic nitrogens is 2. The third kappa shape index (κ3) is 3.35. The first-order chi connectivity index (χ1) is 9.08. The van der Waals surface area contributed by atoms with E-state index in [0.29, 0.717) is 18.4 Å². The van der Waals surface area contributed by atoms with Crippen molar-refractivity contribution < 1.29 is 9.84 Å². The maximum atomic E-state index is 9.68. The van der Waals surface area contributed by atoms with Crippen LogP contribution in [0.2, 0.25) is 0 Å². The van der Waals surface area contributed by atoms with Gasteiger partial charge in [-0.25, -0.2) is 0 Å². The number of nitrogens with zero attached hydrogens (tertiary/aromatic N) is 2. The molecule has 0 saturated carbocycles. The van der Waals surface area contributed by atoms with Gasteiger partial charge in [0, 0.05) is 17.8 Å². The average Bonchev–Trinajstić information content (AvgIpc) is 2.85. The maximum Gasteiger partial charge on any atom is 0.132 e. The molecule has 0 unspecified atom stereocenters. The summed E-state index contributed by atoms with van der Waals surface area (Å²) in [6.45, 7) is 6.31. The lowest BCUT2D eigenvalue weighted by atomic mass is 10.1. The fraction of sp³-hybridized carbons (Fsp3) is 0.400. The molecule has 0 spiro atoms. The second-order valence-electron chi connectivity index (χ2n) is 4.88. The predicted octanol–water partition coefficient (Wildman–Crippen LogP) is 3.10. The van der Waals surface area contributed by atoms with Crippen molar-refractivity contribution in [3.05, 3.63) is 47.8 Å². The molecule has 2 rings (SSSR count). The molecule has 1 heterocycles. The Bertz CT molecular complexity index is 532. The van der Waals surface area contributed by atoms with Gasteiger partial charge in [-0.3, -0.25) is 4.68 Å². The molecule has 0 saturated heterocycles. The van der Waals surface area contributed by atoms with Crippen LogP contribution in [0.15, 0.2) is 36.5 Å². The van der Waals surface area contributed by atoms with Crippen LogP contribution < -0.4 is 4.74 Å². The summed E-state index contributed by atoms with van der Waals surface area (Å²) in [7, 11) is 0. The molecule has 0 bridgehead atoms. The molecule has 2 aromatic rings. The van der Waals surface area contributed by atoms with Gasteiger partial charge in [0.2, 0.25) is 0 Å². The number of para-hydroxylation sites is 1. The number of hydrogen-bond acceptors (Lipinski definition) is 3. The lowest BCUT2D eigenvalue weighted by Gasteiger charge is -2.12. The summed E-state index contributed by atoms with van der Waals surface area (Å²) in [5, 5.41) is 14.1. The molecule has 1 atom stereocenters. The van der Waals surface area contributed by atoms with Crippen molar-refractivity contribution in [2.75, 3.05) is 0 Å². The molecule has 0 fully saturated rings. The quantitative estimate of drug-likeness (QED) is 0.898. The zero-order valence-corrected chi connectivity index (χ0v) is 11.6. The Hall–Kier alpha value is -1.81. The van der Waals surface area contributed by atoms with Crippen molar-refractivity contribution >= 4 is 0 Å². The SMILES string of the molecule is CC(C)n1ccc(COc2ccccc2[C@@H](C)O)n1. The van der Waals surface area contributed by atoms with E-state index in [0.717, 1.165) is 11.3 Å². The fourth-order valence-corrected chi connectivity index (χ4v) is 1.85. The molecule has 4 nitrogen and oxygen atoms in total. The lowest BCUT2D eigenvalue weighted by Crippen LogP contribution is -2.04. The van der Waals surface area contributed by atoms with Gasteiger partial charge in [-0.05, 0) is 32.9 Å². The summed E-state index contributed by atoms with van der Waals surface area (Å²) in [4.78, 5) is 0. The van der Waals surface area contributed by atoms with Crippen LogP contribution in [0.25, 0.3) is 0 Å². The van der Waals surface area contributed by atoms with Gasteiger partial charge in [0.1, 0.15) is 12.4 Å². The molecule has 102 valence electrons. The molecule has 4 heteroatoms. The Kier molecular flexibility index (Phi) is 4.22. The van der Waals surface area contributed by atoms with Gasteiger partial charge in [0.15, 0.2) is 0 Å². The van der Waals surface area contributed by atoms with E-state index in [2.05, 4.69) is 18.9 Å². The lowest BCUT2D eigenvalue weighted by molar-refractivity contribution is 0.189. The molecule has 0 amide bonds. The number of aliphatic hydroxyl groups is 1. The zero-order chi connectivity index (χ0) is 13.8. The minimum absolute atomic E-state index is 0.346. The normalized spacial score (nSPS) is 12.7. The second-order valence-corrected chi connectivity index (χ2v) is 4.88. The van der Waals surface area contributed by atoms with Crippen LogP contribution in [-0.2, 0) is 6.61 Å². The molecule has 0 aliphatic carbocycles. The minimum Gasteiger partial charge on any atom is -0.487 e. The highest BCUT2D eigenvalue weighted by Crippen LogP contribution is 2.25. The molecule has 0 aliphatic heterocycles. The molecule has 19 heavy (non-hydrogen) atoms. The van der Waals surface area contributed by atoms with Crippen LogP contribution in [0.1, 0.15) is 44.2 Å². The molecule has 0 aliphatic rings. The summed E-state index contributed by atoms with van der Waals surface area (Å²) in [5.41, 5.74) is 1.68. The monoisotopic (exact) mass is 260 g/mol. The number of ether oxygens (including phenoxy) is 1. The summed E-state index contributed by atoms with van der Waals surface area (Å²) in [6, 6.07) is 9.81. The van der Waals surface area contributed by atoms with Crippen LogP contribution in [-0.4, -0.2) is 14.9 Å². The third-order valence-corrected chi connectivity index (χ3v) is 2.94. The van der Waals surface area contributed by atoms with Gasteiger partial charge in [0.05, 0.1) is 11.8 Å². The number of aliphatic hydroxyl groups excluding tert-OH is 1. The maximum absolute atomic E-state index is 9.68. The first-order valence-electron chi connectivity index (χ1n) is 6.51. The summed E-state index contributed by atoms with van der Waals surface area (Å²) >= 11 is 0. The Balaban J connectivity index is 2.06. The summed E-state index contributed by atoms with van der Waals surface area (Å²) in [6.07, 6.45) is 1.41. The van der Waals surface area contributed by atoms with E-state index < -0.39 is 6.10 Å². The van der Waals surface area contributed by atoms with E-state index in [1.165, 1.54) is 0 Å². The van der Waals surface area contributed by atoms with Crippen molar-refractivity contribution in [3.8, 4) is 5.75 Å². The summed E-state index contributed by atoms with van der Waals surface area (Å²) in [5.74, 6) is 0.705. The number of hydrogen-bond donors (Lipinski definition) is 1. The Morgan fingerprint density at radius 2 is 1.95 bits per heavy atom. The molecule has 1 aromatic carbocycles. The molecular weight excluding hydrogens is 240 g/mol. The van der Waals surface area contributed by atoms with Crippen LogP contribution in [0.4, 0.5) is 0 Å². The van der Waals surface area contributed by atoms with Gasteiger partial charge in [0.25, 0.3) is 0 Å². The van der Waals surface area contributed by atoms with E-state index in [9.17, 15) is 5.11 Å². The fourth-order valence-electron chi connectivity index (χ4n) is 1.85. The number of benzene rings is 1. The van der Waals surface area contributed by atoms with Crippen LogP contribution in [0.5, 0.6) is 5.75 Å². The Labute approximate surface area is 113 Å². The largest absolute Gasteiger partial charge is 0.487 e. The van der Waals surface area contributed by atoms with Gasteiger partial charge in [-0.15, -0.1) is 0 Å². The highest BCUT2D eigenvalue weighted by molar-refractivity contribution is 5.34. The van der Waals surface area contributed by atoms with E-state index >= 15 is 0 Å². The van der Waals surface area contributed by atoms with E-state index in [-0.39, 0.29) is 0 Å². The van der Waals surface area contributed by atoms with E-state index in [1.807, 2.05) is 41.2 Å². The van der Waals surface area contributed by atoms with E-state index in [1.54, 1.807) is 6.92 Å².